The lowest BCUT2D eigenvalue weighted by Gasteiger charge is -2.32. The van der Waals surface area contributed by atoms with Crippen LogP contribution in [0.15, 0.2) is 24.3 Å². The van der Waals surface area contributed by atoms with Gasteiger partial charge in [-0.15, -0.1) is 11.3 Å². The molecule has 1 saturated carbocycles. The Morgan fingerprint density at radius 2 is 2.04 bits per heavy atom. The van der Waals surface area contributed by atoms with Crippen LogP contribution in [0.5, 0.6) is 0 Å². The number of carbonyl (C=O) groups excluding carboxylic acids is 2. The summed E-state index contributed by atoms with van der Waals surface area (Å²) in [5.41, 5.74) is 1.03. The van der Waals surface area contributed by atoms with Gasteiger partial charge in [0.15, 0.2) is 6.61 Å². The van der Waals surface area contributed by atoms with Gasteiger partial charge in [0.2, 0.25) is 0 Å². The molecule has 1 amide bonds. The third-order valence-corrected chi connectivity index (χ3v) is 6.41. The number of carbonyl (C=O) groups is 2. The van der Waals surface area contributed by atoms with Crippen molar-refractivity contribution in [2.75, 3.05) is 19.7 Å². The van der Waals surface area contributed by atoms with Crippen molar-refractivity contribution in [3.8, 4) is 0 Å². The topological polar surface area (TPSA) is 59.5 Å². The number of hydrogen-bond acceptors (Lipinski definition) is 5. The number of esters is 1. The Kier molecular flexibility index (Phi) is 4.70. The number of rotatable bonds is 4. The largest absolute Gasteiger partial charge is 0.455 e. The zero-order valence-electron chi connectivity index (χ0n) is 14.1. The monoisotopic (exact) mass is 358 g/mol. The van der Waals surface area contributed by atoms with E-state index >= 15 is 0 Å². The second-order valence-corrected chi connectivity index (χ2v) is 8.00. The molecule has 1 aliphatic carbocycles. The second kappa shape index (κ2) is 7.12. The maximum Gasteiger partial charge on any atom is 0.309 e. The number of hydrogen-bond donors (Lipinski definition) is 0. The first-order chi connectivity index (χ1) is 12.2. The highest BCUT2D eigenvalue weighted by Crippen LogP contribution is 2.33. The van der Waals surface area contributed by atoms with Crippen LogP contribution in [-0.2, 0) is 14.3 Å². The molecule has 2 aliphatic rings. The molecule has 0 unspecified atom stereocenters. The van der Waals surface area contributed by atoms with E-state index in [1.807, 2.05) is 23.1 Å². The van der Waals surface area contributed by atoms with Crippen LogP contribution in [0.2, 0.25) is 0 Å². The van der Waals surface area contributed by atoms with Crippen molar-refractivity contribution >= 4 is 33.4 Å². The minimum Gasteiger partial charge on any atom is -0.455 e. The van der Waals surface area contributed by atoms with Crippen molar-refractivity contribution in [1.82, 2.24) is 9.88 Å². The predicted molar refractivity (Wildman–Crippen MR) is 96.5 cm³/mol. The summed E-state index contributed by atoms with van der Waals surface area (Å²) in [6.07, 6.45) is 4.89. The molecule has 2 fully saturated rings. The molecule has 1 aromatic heterocycles. The van der Waals surface area contributed by atoms with Crippen LogP contribution in [0, 0.1) is 5.92 Å². The molecule has 132 valence electrons. The molecule has 0 bridgehead atoms. The van der Waals surface area contributed by atoms with E-state index < -0.39 is 0 Å². The Morgan fingerprint density at radius 1 is 1.20 bits per heavy atom. The van der Waals surface area contributed by atoms with E-state index in [4.69, 9.17) is 9.72 Å². The molecule has 6 heteroatoms. The highest BCUT2D eigenvalue weighted by molar-refractivity contribution is 7.18. The van der Waals surface area contributed by atoms with Gasteiger partial charge in [-0.2, -0.15) is 0 Å². The highest BCUT2D eigenvalue weighted by Gasteiger charge is 2.30. The molecule has 1 saturated heterocycles. The molecule has 1 atom stereocenters. The molecule has 0 spiro atoms. The summed E-state index contributed by atoms with van der Waals surface area (Å²) in [6.45, 7) is 1.28. The lowest BCUT2D eigenvalue weighted by Crippen LogP contribution is -2.41. The van der Waals surface area contributed by atoms with Crippen LogP contribution < -0.4 is 0 Å². The van der Waals surface area contributed by atoms with Crippen molar-refractivity contribution in [1.29, 1.82) is 0 Å². The summed E-state index contributed by atoms with van der Waals surface area (Å²) in [5, 5.41) is 1.10. The molecule has 0 N–H and O–H groups in total. The second-order valence-electron chi connectivity index (χ2n) is 6.93. The molecule has 25 heavy (non-hydrogen) atoms. The summed E-state index contributed by atoms with van der Waals surface area (Å²) in [5.74, 6) is -0.0000894. The molecule has 1 aromatic carbocycles. The number of benzene rings is 1. The van der Waals surface area contributed by atoms with Gasteiger partial charge in [0.1, 0.15) is 0 Å². The Hall–Kier alpha value is -1.95. The smallest absolute Gasteiger partial charge is 0.309 e. The fourth-order valence-electron chi connectivity index (χ4n) is 3.46. The molecular formula is C19H22N2O3S. The van der Waals surface area contributed by atoms with Crippen LogP contribution in [-0.4, -0.2) is 41.5 Å². The van der Waals surface area contributed by atoms with E-state index in [0.29, 0.717) is 6.54 Å². The maximum atomic E-state index is 12.4. The third-order valence-electron chi connectivity index (χ3n) is 5.21. The fraction of sp³-hybridized carbons (Fsp3) is 0.526. The van der Waals surface area contributed by atoms with Gasteiger partial charge in [-0.3, -0.25) is 9.59 Å². The normalized spacial score (nSPS) is 21.1. The molecule has 2 aromatic rings. The first kappa shape index (κ1) is 16.5. The van der Waals surface area contributed by atoms with E-state index in [0.717, 1.165) is 49.2 Å². The van der Waals surface area contributed by atoms with Crippen LogP contribution >= 0.6 is 11.3 Å². The van der Waals surface area contributed by atoms with E-state index in [2.05, 4.69) is 6.07 Å². The van der Waals surface area contributed by atoms with Crippen molar-refractivity contribution in [2.45, 2.75) is 38.0 Å². The minimum atomic E-state index is -0.209. The fourth-order valence-corrected chi connectivity index (χ4v) is 4.55. The number of ether oxygens (including phenoxy) is 1. The van der Waals surface area contributed by atoms with Crippen molar-refractivity contribution in [3.05, 3.63) is 29.3 Å². The van der Waals surface area contributed by atoms with E-state index in [1.54, 1.807) is 11.3 Å². The zero-order valence-corrected chi connectivity index (χ0v) is 15.0. The molecule has 4 rings (SSSR count). The Balaban J connectivity index is 1.36. The Morgan fingerprint density at radius 3 is 2.80 bits per heavy atom. The van der Waals surface area contributed by atoms with E-state index in [9.17, 15) is 9.59 Å². The number of nitrogens with zero attached hydrogens (tertiary/aromatic N) is 2. The molecule has 2 heterocycles. The summed E-state index contributed by atoms with van der Waals surface area (Å²) in [7, 11) is 0. The number of piperidine rings is 1. The molecule has 1 aliphatic heterocycles. The van der Waals surface area contributed by atoms with E-state index in [-0.39, 0.29) is 30.3 Å². The summed E-state index contributed by atoms with van der Waals surface area (Å²) in [6, 6.07) is 8.14. The molecular weight excluding hydrogens is 336 g/mol. The van der Waals surface area contributed by atoms with Crippen LogP contribution in [0.1, 0.15) is 43.0 Å². The third kappa shape index (κ3) is 3.54. The average molecular weight is 358 g/mol. The predicted octanol–water partition coefficient (Wildman–Crippen LogP) is 3.35. The minimum absolute atomic E-state index is 0.0182. The van der Waals surface area contributed by atoms with Gasteiger partial charge in [0.25, 0.3) is 5.91 Å². The van der Waals surface area contributed by atoms with Crippen molar-refractivity contribution < 1.29 is 14.3 Å². The summed E-state index contributed by atoms with van der Waals surface area (Å²) in [4.78, 5) is 30.8. The SMILES string of the molecule is O=C(OCC(=O)N1CCC[C@H](c2nc3ccccc3s2)C1)C1CCC1. The lowest BCUT2D eigenvalue weighted by atomic mass is 9.86. The number of likely N-dealkylation sites (tertiary alicyclic amines) is 1. The zero-order chi connectivity index (χ0) is 17.2. The van der Waals surface area contributed by atoms with Gasteiger partial charge in [0, 0.05) is 19.0 Å². The highest BCUT2D eigenvalue weighted by atomic mass is 32.1. The van der Waals surface area contributed by atoms with Crippen LogP contribution in [0.25, 0.3) is 10.2 Å². The van der Waals surface area contributed by atoms with Crippen molar-refractivity contribution in [2.24, 2.45) is 5.92 Å². The van der Waals surface area contributed by atoms with E-state index in [1.165, 1.54) is 4.70 Å². The Labute approximate surface area is 151 Å². The van der Waals surface area contributed by atoms with Gasteiger partial charge in [-0.05, 0) is 37.8 Å². The first-order valence-corrected chi connectivity index (χ1v) is 9.82. The standard InChI is InChI=1S/C19H22N2O3S/c22-17(12-24-19(23)13-5-3-6-13)21-10-4-7-14(11-21)18-20-15-8-1-2-9-16(15)25-18/h1-2,8-9,13-14H,3-7,10-12H2/t14-/m0/s1. The van der Waals surface area contributed by atoms with Gasteiger partial charge in [-0.1, -0.05) is 18.6 Å². The lowest BCUT2D eigenvalue weighted by molar-refractivity contribution is -0.158. The quantitative estimate of drug-likeness (QED) is 0.787. The van der Waals surface area contributed by atoms with Gasteiger partial charge in [0.05, 0.1) is 21.1 Å². The van der Waals surface area contributed by atoms with Crippen LogP contribution in [0.3, 0.4) is 0 Å². The summed E-state index contributed by atoms with van der Waals surface area (Å²) >= 11 is 1.72. The average Bonchev–Trinajstić information content (AvgIpc) is 3.02. The number of para-hydroxylation sites is 1. The maximum absolute atomic E-state index is 12.4. The summed E-state index contributed by atoms with van der Waals surface area (Å²) < 4.78 is 6.40. The van der Waals surface area contributed by atoms with Crippen molar-refractivity contribution in [3.63, 3.8) is 0 Å². The molecule has 5 nitrogen and oxygen atoms in total. The van der Waals surface area contributed by atoms with Crippen LogP contribution in [0.4, 0.5) is 0 Å². The number of fused-ring (bicyclic) bond motifs is 1. The van der Waals surface area contributed by atoms with Gasteiger partial charge >= 0.3 is 5.97 Å². The number of aromatic nitrogens is 1. The van der Waals surface area contributed by atoms with Gasteiger partial charge in [-0.25, -0.2) is 4.98 Å². The molecule has 0 radical (unpaired) electrons. The number of thiazole rings is 1. The first-order valence-electron chi connectivity index (χ1n) is 9.00. The van der Waals surface area contributed by atoms with Gasteiger partial charge < -0.3 is 9.64 Å². The number of amides is 1. The Bertz CT molecular complexity index is 751.